The molecule has 30 heavy (non-hydrogen) atoms. The molecule has 0 saturated heterocycles. The van der Waals surface area contributed by atoms with Crippen molar-refractivity contribution in [3.05, 3.63) is 77.9 Å². The summed E-state index contributed by atoms with van der Waals surface area (Å²) in [5, 5.41) is 0. The maximum Gasteiger partial charge on any atom is 0.262 e. The Labute approximate surface area is 176 Å². The molecule has 0 aliphatic carbocycles. The molecule has 0 fully saturated rings. The van der Waals surface area contributed by atoms with Crippen molar-refractivity contribution >= 4 is 15.7 Å². The summed E-state index contributed by atoms with van der Waals surface area (Å²) in [6.45, 7) is 2.06. The molecule has 3 aromatic carbocycles. The number of benzene rings is 3. The van der Waals surface area contributed by atoms with Gasteiger partial charge in [0, 0.05) is 17.5 Å². The van der Waals surface area contributed by atoms with Gasteiger partial charge in [-0.05, 0) is 35.9 Å². The van der Waals surface area contributed by atoms with Crippen molar-refractivity contribution in [3.8, 4) is 17.2 Å². The van der Waals surface area contributed by atoms with Gasteiger partial charge in [-0.3, -0.25) is 4.72 Å². The van der Waals surface area contributed by atoms with Gasteiger partial charge < -0.3 is 14.2 Å². The Kier molecular flexibility index (Phi) is 5.30. The molecule has 1 aliphatic heterocycles. The van der Waals surface area contributed by atoms with Gasteiger partial charge in [-0.25, -0.2) is 8.42 Å². The molecule has 0 unspecified atom stereocenters. The third-order valence-corrected chi connectivity index (χ3v) is 6.65. The summed E-state index contributed by atoms with van der Waals surface area (Å²) in [5.74, 6) is 1.89. The van der Waals surface area contributed by atoms with Gasteiger partial charge in [0.15, 0.2) is 0 Å². The maximum absolute atomic E-state index is 12.8. The lowest BCUT2D eigenvalue weighted by molar-refractivity contribution is 0.215. The first kappa shape index (κ1) is 20.1. The Bertz CT molecular complexity index is 1140. The fourth-order valence-corrected chi connectivity index (χ4v) is 4.72. The van der Waals surface area contributed by atoms with E-state index >= 15 is 0 Å². The van der Waals surface area contributed by atoms with Crippen LogP contribution in [-0.2, 0) is 10.0 Å². The zero-order chi connectivity index (χ0) is 21.3. The van der Waals surface area contributed by atoms with E-state index in [2.05, 4.69) is 11.6 Å². The number of methoxy groups -OCH3 is 2. The number of ether oxygens (including phenoxy) is 3. The number of rotatable bonds is 6. The van der Waals surface area contributed by atoms with Crippen LogP contribution in [0.4, 0.5) is 5.69 Å². The summed E-state index contributed by atoms with van der Waals surface area (Å²) >= 11 is 0. The zero-order valence-electron chi connectivity index (χ0n) is 17.0. The molecule has 2 atom stereocenters. The van der Waals surface area contributed by atoms with Crippen LogP contribution in [0.25, 0.3) is 0 Å². The largest absolute Gasteiger partial charge is 0.497 e. The van der Waals surface area contributed by atoms with Crippen LogP contribution in [0.15, 0.2) is 71.6 Å². The van der Waals surface area contributed by atoms with Gasteiger partial charge >= 0.3 is 0 Å². The van der Waals surface area contributed by atoms with E-state index in [0.717, 1.165) is 16.9 Å². The van der Waals surface area contributed by atoms with Gasteiger partial charge in [-0.1, -0.05) is 37.3 Å². The van der Waals surface area contributed by atoms with Crippen molar-refractivity contribution in [1.82, 2.24) is 0 Å². The lowest BCUT2D eigenvalue weighted by Gasteiger charge is -2.16. The lowest BCUT2D eigenvalue weighted by Crippen LogP contribution is -2.13. The van der Waals surface area contributed by atoms with E-state index in [1.54, 1.807) is 49.6 Å². The smallest absolute Gasteiger partial charge is 0.262 e. The normalized spacial score (nSPS) is 17.7. The van der Waals surface area contributed by atoms with E-state index in [9.17, 15) is 8.42 Å². The fraction of sp³-hybridized carbons (Fsp3) is 0.217. The van der Waals surface area contributed by atoms with Crippen molar-refractivity contribution in [2.24, 2.45) is 0 Å². The number of anilines is 1. The van der Waals surface area contributed by atoms with Crippen LogP contribution < -0.4 is 18.9 Å². The predicted octanol–water partition coefficient (Wildman–Crippen LogP) is 4.74. The van der Waals surface area contributed by atoms with E-state index in [4.69, 9.17) is 14.2 Å². The Balaban J connectivity index is 1.66. The number of fused-ring (bicyclic) bond motifs is 1. The third kappa shape index (κ3) is 3.68. The lowest BCUT2D eigenvalue weighted by atomic mass is 9.92. The summed E-state index contributed by atoms with van der Waals surface area (Å²) in [5.41, 5.74) is 2.32. The molecule has 1 heterocycles. The minimum absolute atomic E-state index is 0.0271. The highest BCUT2D eigenvalue weighted by molar-refractivity contribution is 7.92. The van der Waals surface area contributed by atoms with E-state index in [0.29, 0.717) is 17.2 Å². The highest BCUT2D eigenvalue weighted by Gasteiger charge is 2.34. The molecule has 0 bridgehead atoms. The third-order valence-electron chi connectivity index (χ3n) is 5.27. The first-order valence-corrected chi connectivity index (χ1v) is 11.0. The molecule has 156 valence electrons. The molecule has 3 aromatic rings. The van der Waals surface area contributed by atoms with Gasteiger partial charge in [0.2, 0.25) is 0 Å². The zero-order valence-corrected chi connectivity index (χ0v) is 17.8. The van der Waals surface area contributed by atoms with E-state index in [-0.39, 0.29) is 16.9 Å². The minimum Gasteiger partial charge on any atom is -0.497 e. The van der Waals surface area contributed by atoms with Gasteiger partial charge in [0.1, 0.15) is 23.4 Å². The molecule has 0 saturated carbocycles. The highest BCUT2D eigenvalue weighted by atomic mass is 32.2. The van der Waals surface area contributed by atoms with Crippen molar-refractivity contribution in [1.29, 1.82) is 0 Å². The van der Waals surface area contributed by atoms with Crippen molar-refractivity contribution in [2.75, 3.05) is 18.9 Å². The van der Waals surface area contributed by atoms with Crippen LogP contribution in [0.1, 0.15) is 30.1 Å². The van der Waals surface area contributed by atoms with Gasteiger partial charge in [0.05, 0.1) is 24.8 Å². The van der Waals surface area contributed by atoms with E-state index in [1.165, 1.54) is 7.11 Å². The Morgan fingerprint density at radius 2 is 1.63 bits per heavy atom. The Morgan fingerprint density at radius 3 is 2.27 bits per heavy atom. The molecule has 7 heteroatoms. The van der Waals surface area contributed by atoms with Crippen LogP contribution in [0.2, 0.25) is 0 Å². The van der Waals surface area contributed by atoms with E-state index in [1.807, 2.05) is 24.3 Å². The number of sulfonamides is 1. The second kappa shape index (κ2) is 7.91. The molecular formula is C23H23NO5S. The van der Waals surface area contributed by atoms with E-state index < -0.39 is 10.0 Å². The fourth-order valence-electron chi connectivity index (χ4n) is 3.64. The van der Waals surface area contributed by atoms with Crippen LogP contribution >= 0.6 is 0 Å². The second-order valence-electron chi connectivity index (χ2n) is 7.11. The Hall–Kier alpha value is -3.19. The molecule has 4 rings (SSSR count). The minimum atomic E-state index is -3.74. The molecule has 0 amide bonds. The average Bonchev–Trinajstić information content (AvgIpc) is 3.09. The quantitative estimate of drug-likeness (QED) is 0.617. The number of nitrogens with one attached hydrogen (secondary N) is 1. The van der Waals surface area contributed by atoms with Crippen LogP contribution in [-0.4, -0.2) is 22.6 Å². The van der Waals surface area contributed by atoms with Crippen LogP contribution in [0, 0.1) is 0 Å². The summed E-state index contributed by atoms with van der Waals surface area (Å²) < 4.78 is 45.1. The number of hydrogen-bond acceptors (Lipinski definition) is 5. The first-order valence-electron chi connectivity index (χ1n) is 9.53. The van der Waals surface area contributed by atoms with Crippen molar-refractivity contribution in [2.45, 2.75) is 23.8 Å². The molecule has 1 aliphatic rings. The summed E-state index contributed by atoms with van der Waals surface area (Å²) in [6.07, 6.45) is -0.184. The maximum atomic E-state index is 12.8. The molecule has 0 radical (unpaired) electrons. The molecule has 0 aromatic heterocycles. The Morgan fingerprint density at radius 1 is 0.933 bits per heavy atom. The van der Waals surface area contributed by atoms with Gasteiger partial charge in [-0.15, -0.1) is 0 Å². The summed E-state index contributed by atoms with van der Waals surface area (Å²) in [4.78, 5) is 0.188. The molecular weight excluding hydrogens is 402 g/mol. The van der Waals surface area contributed by atoms with Crippen LogP contribution in [0.3, 0.4) is 0 Å². The molecule has 0 spiro atoms. The summed E-state index contributed by atoms with van der Waals surface area (Å²) in [6, 6.07) is 19.5. The monoisotopic (exact) mass is 425 g/mol. The average molecular weight is 426 g/mol. The van der Waals surface area contributed by atoms with Crippen molar-refractivity contribution in [3.63, 3.8) is 0 Å². The summed E-state index contributed by atoms with van der Waals surface area (Å²) in [7, 11) is -0.609. The predicted molar refractivity (Wildman–Crippen MR) is 115 cm³/mol. The number of hydrogen-bond donors (Lipinski definition) is 1. The van der Waals surface area contributed by atoms with Gasteiger partial charge in [0.25, 0.3) is 10.0 Å². The molecule has 1 N–H and O–H groups in total. The SMILES string of the molecule is COc1ccc([C@@H]2Oc3cc(OC)c(NS(=O)(=O)c4ccccc4)cc3[C@H]2C)cc1. The van der Waals surface area contributed by atoms with Crippen molar-refractivity contribution < 1.29 is 22.6 Å². The van der Waals surface area contributed by atoms with Gasteiger partial charge in [-0.2, -0.15) is 0 Å². The second-order valence-corrected chi connectivity index (χ2v) is 8.79. The van der Waals surface area contributed by atoms with Crippen LogP contribution in [0.5, 0.6) is 17.2 Å². The first-order chi connectivity index (χ1) is 14.4. The molecule has 6 nitrogen and oxygen atoms in total. The standard InChI is InChI=1S/C23H23NO5S/c1-15-19-13-20(24-30(25,26)18-7-5-4-6-8-18)22(28-3)14-21(19)29-23(15)16-9-11-17(27-2)12-10-16/h4-15,23-24H,1-3H3/t15-,23-/m1/s1. The topological polar surface area (TPSA) is 73.9 Å². The highest BCUT2D eigenvalue weighted by Crippen LogP contribution is 2.49.